The highest BCUT2D eigenvalue weighted by molar-refractivity contribution is 6.28. The van der Waals surface area contributed by atoms with E-state index < -0.39 is 0 Å². The second-order valence-electron chi connectivity index (χ2n) is 4.63. The van der Waals surface area contributed by atoms with Crippen molar-refractivity contribution < 1.29 is 4.74 Å². The molecular formula is C16H14ClN5O. The van der Waals surface area contributed by atoms with Crippen LogP contribution in [0.2, 0.25) is 5.28 Å². The van der Waals surface area contributed by atoms with Gasteiger partial charge in [0.2, 0.25) is 17.2 Å². The lowest BCUT2D eigenvalue weighted by Gasteiger charge is -2.23. The minimum Gasteiger partial charge on any atom is -0.497 e. The Morgan fingerprint density at radius 1 is 0.913 bits per heavy atom. The molecule has 0 aliphatic rings. The Kier molecular flexibility index (Phi) is 4.25. The molecule has 1 heterocycles. The van der Waals surface area contributed by atoms with Crippen LogP contribution in [0.25, 0.3) is 0 Å². The molecule has 2 aromatic carbocycles. The van der Waals surface area contributed by atoms with Crippen molar-refractivity contribution in [2.45, 2.75) is 0 Å². The van der Waals surface area contributed by atoms with Crippen LogP contribution in [0.1, 0.15) is 0 Å². The lowest BCUT2D eigenvalue weighted by Crippen LogP contribution is -2.15. The van der Waals surface area contributed by atoms with E-state index in [0.717, 1.165) is 17.1 Å². The minimum atomic E-state index is 0.0435. The molecule has 23 heavy (non-hydrogen) atoms. The number of halogens is 1. The van der Waals surface area contributed by atoms with Crippen LogP contribution in [0, 0.1) is 0 Å². The van der Waals surface area contributed by atoms with E-state index in [9.17, 15) is 0 Å². The van der Waals surface area contributed by atoms with E-state index in [0.29, 0.717) is 5.95 Å². The summed E-state index contributed by atoms with van der Waals surface area (Å²) >= 11 is 5.93. The Balaban J connectivity index is 2.13. The fraction of sp³-hybridized carbons (Fsp3) is 0.0625. The first-order chi connectivity index (χ1) is 11.2. The number of aromatic nitrogens is 3. The maximum Gasteiger partial charge on any atom is 0.240 e. The molecule has 0 aliphatic carbocycles. The number of nitrogens with two attached hydrogens (primary N) is 1. The van der Waals surface area contributed by atoms with Gasteiger partial charge in [-0.2, -0.15) is 15.0 Å². The highest BCUT2D eigenvalue weighted by Crippen LogP contribution is 2.33. The minimum absolute atomic E-state index is 0.0435. The molecule has 3 aromatic rings. The predicted molar refractivity (Wildman–Crippen MR) is 90.5 cm³/mol. The van der Waals surface area contributed by atoms with E-state index in [-0.39, 0.29) is 11.2 Å². The van der Waals surface area contributed by atoms with Crippen molar-refractivity contribution in [3.63, 3.8) is 0 Å². The van der Waals surface area contributed by atoms with E-state index in [4.69, 9.17) is 22.1 Å². The first-order valence-corrected chi connectivity index (χ1v) is 7.21. The molecule has 0 spiro atoms. The number of para-hydroxylation sites is 1. The second kappa shape index (κ2) is 6.50. The Morgan fingerprint density at radius 2 is 1.57 bits per heavy atom. The molecule has 0 saturated carbocycles. The monoisotopic (exact) mass is 327 g/mol. The lowest BCUT2D eigenvalue weighted by molar-refractivity contribution is 0.415. The van der Waals surface area contributed by atoms with Crippen LogP contribution in [0.4, 0.5) is 23.3 Å². The number of nitrogens with zero attached hydrogens (tertiary/aromatic N) is 4. The van der Waals surface area contributed by atoms with Crippen molar-refractivity contribution >= 4 is 34.9 Å². The molecule has 116 valence electrons. The summed E-state index contributed by atoms with van der Waals surface area (Å²) in [5.74, 6) is 1.17. The fourth-order valence-electron chi connectivity index (χ4n) is 2.14. The molecule has 0 saturated heterocycles. The van der Waals surface area contributed by atoms with Crippen molar-refractivity contribution in [2.24, 2.45) is 0 Å². The number of hydrogen-bond acceptors (Lipinski definition) is 6. The van der Waals surface area contributed by atoms with Crippen LogP contribution in [0.15, 0.2) is 54.6 Å². The molecule has 0 bridgehead atoms. The Hall–Kier alpha value is -2.86. The molecule has 3 rings (SSSR count). The first kappa shape index (κ1) is 15.1. The number of benzene rings is 2. The number of ether oxygens (including phenoxy) is 1. The molecule has 0 unspecified atom stereocenters. The van der Waals surface area contributed by atoms with Gasteiger partial charge in [-0.25, -0.2) is 0 Å². The Morgan fingerprint density at radius 3 is 2.17 bits per heavy atom. The van der Waals surface area contributed by atoms with Crippen LogP contribution >= 0.6 is 11.6 Å². The molecule has 0 amide bonds. The van der Waals surface area contributed by atoms with Crippen molar-refractivity contribution in [3.05, 3.63) is 59.9 Å². The van der Waals surface area contributed by atoms with Crippen molar-refractivity contribution in [2.75, 3.05) is 17.7 Å². The largest absolute Gasteiger partial charge is 0.497 e. The van der Waals surface area contributed by atoms with Gasteiger partial charge in [0.25, 0.3) is 0 Å². The van der Waals surface area contributed by atoms with E-state index in [1.807, 2.05) is 59.5 Å². The molecule has 0 aliphatic heterocycles. The summed E-state index contributed by atoms with van der Waals surface area (Å²) < 4.78 is 5.20. The molecule has 2 N–H and O–H groups in total. The van der Waals surface area contributed by atoms with Gasteiger partial charge < -0.3 is 10.5 Å². The number of nitrogen functional groups attached to an aromatic ring is 1. The summed E-state index contributed by atoms with van der Waals surface area (Å²) in [6.45, 7) is 0. The van der Waals surface area contributed by atoms with Gasteiger partial charge in [-0.05, 0) is 48.0 Å². The van der Waals surface area contributed by atoms with Crippen LogP contribution < -0.4 is 15.4 Å². The average molecular weight is 328 g/mol. The smallest absolute Gasteiger partial charge is 0.240 e. The quantitative estimate of drug-likeness (QED) is 0.789. The summed E-state index contributed by atoms with van der Waals surface area (Å²) in [5, 5.41) is 0.0435. The molecule has 7 heteroatoms. The summed E-state index contributed by atoms with van der Waals surface area (Å²) in [5.41, 5.74) is 7.43. The van der Waals surface area contributed by atoms with E-state index in [1.165, 1.54) is 0 Å². The van der Waals surface area contributed by atoms with Crippen LogP contribution in [-0.4, -0.2) is 22.1 Å². The van der Waals surface area contributed by atoms with Gasteiger partial charge in [-0.15, -0.1) is 0 Å². The van der Waals surface area contributed by atoms with Gasteiger partial charge >= 0.3 is 0 Å². The van der Waals surface area contributed by atoms with Gasteiger partial charge in [0.15, 0.2) is 0 Å². The number of anilines is 4. The zero-order valence-corrected chi connectivity index (χ0v) is 13.1. The van der Waals surface area contributed by atoms with Crippen LogP contribution in [0.5, 0.6) is 5.75 Å². The van der Waals surface area contributed by atoms with Gasteiger partial charge in [0.05, 0.1) is 7.11 Å². The number of methoxy groups -OCH3 is 1. The molecule has 0 fully saturated rings. The van der Waals surface area contributed by atoms with Gasteiger partial charge in [0.1, 0.15) is 5.75 Å². The predicted octanol–water partition coefficient (Wildman–Crippen LogP) is 3.59. The standard InChI is InChI=1S/C16H14ClN5O/c1-23-13-9-7-12(8-10-13)22(11-5-3-2-4-6-11)16-20-14(17)19-15(18)21-16/h2-10H,1H3,(H2,18,19,20,21). The van der Waals surface area contributed by atoms with E-state index >= 15 is 0 Å². The molecule has 0 radical (unpaired) electrons. The first-order valence-electron chi connectivity index (χ1n) is 6.83. The lowest BCUT2D eigenvalue weighted by atomic mass is 10.2. The molecule has 0 atom stereocenters. The molecule has 6 nitrogen and oxygen atoms in total. The number of rotatable bonds is 4. The van der Waals surface area contributed by atoms with Gasteiger partial charge in [-0.1, -0.05) is 18.2 Å². The van der Waals surface area contributed by atoms with Crippen molar-refractivity contribution in [1.82, 2.24) is 15.0 Å². The third-order valence-electron chi connectivity index (χ3n) is 3.16. The molecular weight excluding hydrogens is 314 g/mol. The number of hydrogen-bond donors (Lipinski definition) is 1. The van der Waals surface area contributed by atoms with E-state index in [1.54, 1.807) is 7.11 Å². The second-order valence-corrected chi connectivity index (χ2v) is 4.97. The Labute approximate surface area is 138 Å². The van der Waals surface area contributed by atoms with Gasteiger partial charge in [0, 0.05) is 11.4 Å². The zero-order chi connectivity index (χ0) is 16.2. The molecule has 1 aromatic heterocycles. The summed E-state index contributed by atoms with van der Waals surface area (Å²) in [6.07, 6.45) is 0. The van der Waals surface area contributed by atoms with Gasteiger partial charge in [-0.3, -0.25) is 4.90 Å². The summed E-state index contributed by atoms with van der Waals surface area (Å²) in [6, 6.07) is 17.2. The third-order valence-corrected chi connectivity index (χ3v) is 3.33. The zero-order valence-electron chi connectivity index (χ0n) is 12.3. The fourth-order valence-corrected chi connectivity index (χ4v) is 2.31. The Bertz CT molecular complexity index is 775. The average Bonchev–Trinajstić information content (AvgIpc) is 2.56. The highest BCUT2D eigenvalue weighted by atomic mass is 35.5. The van der Waals surface area contributed by atoms with Crippen LogP contribution in [0.3, 0.4) is 0 Å². The maximum absolute atomic E-state index is 5.93. The third kappa shape index (κ3) is 3.32. The highest BCUT2D eigenvalue weighted by Gasteiger charge is 2.16. The topological polar surface area (TPSA) is 77.2 Å². The summed E-state index contributed by atoms with van der Waals surface area (Å²) in [4.78, 5) is 14.0. The van der Waals surface area contributed by atoms with Crippen molar-refractivity contribution in [3.8, 4) is 5.75 Å². The van der Waals surface area contributed by atoms with Crippen molar-refractivity contribution in [1.29, 1.82) is 0 Å². The normalized spacial score (nSPS) is 10.3. The van der Waals surface area contributed by atoms with E-state index in [2.05, 4.69) is 15.0 Å². The maximum atomic E-state index is 5.93. The SMILES string of the molecule is COc1ccc(N(c2ccccc2)c2nc(N)nc(Cl)n2)cc1. The van der Waals surface area contributed by atoms with Crippen LogP contribution in [-0.2, 0) is 0 Å². The summed E-state index contributed by atoms with van der Waals surface area (Å²) in [7, 11) is 1.62.